The van der Waals surface area contributed by atoms with E-state index in [0.717, 1.165) is 17.8 Å². The van der Waals surface area contributed by atoms with Gasteiger partial charge in [-0.25, -0.2) is 8.42 Å². The quantitative estimate of drug-likeness (QED) is 0.875. The third kappa shape index (κ3) is 3.38. The lowest BCUT2D eigenvalue weighted by atomic mass is 10.4. The molecule has 0 bridgehead atoms. The van der Waals surface area contributed by atoms with Gasteiger partial charge in [-0.15, -0.1) is 11.3 Å². The number of morpholine rings is 1. The van der Waals surface area contributed by atoms with Crippen LogP contribution in [-0.2, 0) is 14.8 Å². The fourth-order valence-corrected chi connectivity index (χ4v) is 4.42. The highest BCUT2D eigenvalue weighted by molar-refractivity contribution is 7.89. The van der Waals surface area contributed by atoms with Gasteiger partial charge in [0.1, 0.15) is 0 Å². The fourth-order valence-electron chi connectivity index (χ4n) is 1.83. The van der Waals surface area contributed by atoms with Gasteiger partial charge in [-0.1, -0.05) is 6.92 Å². The van der Waals surface area contributed by atoms with Crippen molar-refractivity contribution in [3.8, 4) is 0 Å². The molecule has 8 heteroatoms. The second-order valence-corrected chi connectivity index (χ2v) is 7.27. The van der Waals surface area contributed by atoms with Crippen LogP contribution in [0.2, 0.25) is 0 Å². The van der Waals surface area contributed by atoms with Gasteiger partial charge in [-0.2, -0.15) is 4.31 Å². The maximum absolute atomic E-state index is 12.4. The van der Waals surface area contributed by atoms with E-state index in [2.05, 4.69) is 5.32 Å². The Bertz CT molecular complexity index is 562. The maximum atomic E-state index is 12.4. The van der Waals surface area contributed by atoms with Gasteiger partial charge in [0.15, 0.2) is 0 Å². The third-order valence-corrected chi connectivity index (χ3v) is 5.90. The Morgan fingerprint density at radius 2 is 2.15 bits per heavy atom. The zero-order valence-electron chi connectivity index (χ0n) is 11.3. The van der Waals surface area contributed by atoms with Crippen LogP contribution in [0.4, 0.5) is 0 Å². The maximum Gasteiger partial charge on any atom is 0.261 e. The van der Waals surface area contributed by atoms with Crippen LogP contribution in [0.1, 0.15) is 23.0 Å². The predicted octanol–water partition coefficient (Wildman–Crippen LogP) is 0.909. The summed E-state index contributed by atoms with van der Waals surface area (Å²) in [6.45, 7) is 4.08. The van der Waals surface area contributed by atoms with Crippen LogP contribution in [0.3, 0.4) is 0 Å². The van der Waals surface area contributed by atoms with E-state index in [1.54, 1.807) is 0 Å². The first-order valence-electron chi connectivity index (χ1n) is 6.50. The standard InChI is InChI=1S/C12H18N2O4S2/c1-2-3-13-12(15)11-8-10(9-19-11)20(16,17)14-4-6-18-7-5-14/h8-9H,2-7H2,1H3,(H,13,15). The number of nitrogens with one attached hydrogen (secondary N) is 1. The molecule has 1 aliphatic heterocycles. The molecule has 0 saturated carbocycles. The van der Waals surface area contributed by atoms with Crippen molar-refractivity contribution in [2.24, 2.45) is 0 Å². The van der Waals surface area contributed by atoms with E-state index in [4.69, 9.17) is 4.74 Å². The molecule has 1 saturated heterocycles. The monoisotopic (exact) mass is 318 g/mol. The van der Waals surface area contributed by atoms with E-state index in [-0.39, 0.29) is 10.8 Å². The smallest absolute Gasteiger partial charge is 0.261 e. The molecule has 2 rings (SSSR count). The molecule has 1 N–H and O–H groups in total. The van der Waals surface area contributed by atoms with Gasteiger partial charge in [0.05, 0.1) is 23.0 Å². The summed E-state index contributed by atoms with van der Waals surface area (Å²) in [5.74, 6) is -0.222. The zero-order valence-corrected chi connectivity index (χ0v) is 12.9. The zero-order chi connectivity index (χ0) is 14.6. The number of nitrogens with zero attached hydrogens (tertiary/aromatic N) is 1. The number of rotatable bonds is 5. The number of carbonyl (C=O) groups excluding carboxylic acids is 1. The van der Waals surface area contributed by atoms with Gasteiger partial charge in [-0.3, -0.25) is 4.79 Å². The molecule has 112 valence electrons. The Kier molecular flexibility index (Phi) is 5.14. The van der Waals surface area contributed by atoms with Crippen molar-refractivity contribution in [1.29, 1.82) is 0 Å². The first-order chi connectivity index (χ1) is 9.55. The van der Waals surface area contributed by atoms with Gasteiger partial charge in [-0.05, 0) is 12.5 Å². The molecule has 1 fully saturated rings. The fraction of sp³-hybridized carbons (Fsp3) is 0.583. The van der Waals surface area contributed by atoms with E-state index >= 15 is 0 Å². The molecule has 1 aliphatic rings. The van der Waals surface area contributed by atoms with Gasteiger partial charge in [0.25, 0.3) is 5.91 Å². The molecule has 0 atom stereocenters. The lowest BCUT2D eigenvalue weighted by Gasteiger charge is -2.25. The van der Waals surface area contributed by atoms with Crippen molar-refractivity contribution in [3.63, 3.8) is 0 Å². The third-order valence-electron chi connectivity index (χ3n) is 2.94. The molecule has 0 aromatic carbocycles. The van der Waals surface area contributed by atoms with E-state index in [1.165, 1.54) is 15.8 Å². The summed E-state index contributed by atoms with van der Waals surface area (Å²) in [5, 5.41) is 4.26. The SMILES string of the molecule is CCCNC(=O)c1cc(S(=O)(=O)N2CCOCC2)cs1. The topological polar surface area (TPSA) is 75.7 Å². The second-order valence-electron chi connectivity index (χ2n) is 4.42. The Hall–Kier alpha value is -0.960. The molecule has 0 spiro atoms. The highest BCUT2D eigenvalue weighted by Gasteiger charge is 2.27. The first kappa shape index (κ1) is 15.4. The largest absolute Gasteiger partial charge is 0.379 e. The normalized spacial score (nSPS) is 17.1. The average Bonchev–Trinajstić information content (AvgIpc) is 2.96. The minimum atomic E-state index is -3.51. The van der Waals surface area contributed by atoms with Crippen molar-refractivity contribution in [2.45, 2.75) is 18.2 Å². The van der Waals surface area contributed by atoms with E-state index in [9.17, 15) is 13.2 Å². The minimum Gasteiger partial charge on any atom is -0.379 e. The molecule has 0 radical (unpaired) electrons. The van der Waals surface area contributed by atoms with Crippen LogP contribution in [-0.4, -0.2) is 51.5 Å². The first-order valence-corrected chi connectivity index (χ1v) is 8.82. The Balaban J connectivity index is 2.13. The van der Waals surface area contributed by atoms with E-state index in [0.29, 0.717) is 37.7 Å². The summed E-state index contributed by atoms with van der Waals surface area (Å²) in [6.07, 6.45) is 0.843. The molecule has 20 heavy (non-hydrogen) atoms. The average molecular weight is 318 g/mol. The lowest BCUT2D eigenvalue weighted by Crippen LogP contribution is -2.40. The molecular formula is C12H18N2O4S2. The van der Waals surface area contributed by atoms with Crippen LogP contribution in [0.5, 0.6) is 0 Å². The molecule has 1 aromatic heterocycles. The van der Waals surface area contributed by atoms with Crippen molar-refractivity contribution < 1.29 is 17.9 Å². The van der Waals surface area contributed by atoms with Gasteiger partial charge < -0.3 is 10.1 Å². The molecule has 0 unspecified atom stereocenters. The van der Waals surface area contributed by atoms with E-state index in [1.807, 2.05) is 6.92 Å². The number of ether oxygens (including phenoxy) is 1. The molecular weight excluding hydrogens is 300 g/mol. The van der Waals surface area contributed by atoms with Crippen LogP contribution in [0, 0.1) is 0 Å². The Labute approximate surface area is 122 Å². The predicted molar refractivity (Wildman–Crippen MR) is 76.5 cm³/mol. The van der Waals surface area contributed by atoms with E-state index < -0.39 is 10.0 Å². The van der Waals surface area contributed by atoms with Crippen LogP contribution in [0.15, 0.2) is 16.3 Å². The van der Waals surface area contributed by atoms with Gasteiger partial charge in [0.2, 0.25) is 10.0 Å². The summed E-state index contributed by atoms with van der Waals surface area (Å²) in [7, 11) is -3.51. The lowest BCUT2D eigenvalue weighted by molar-refractivity contribution is 0.0730. The van der Waals surface area contributed by atoms with Crippen molar-refractivity contribution >= 4 is 27.3 Å². The number of sulfonamides is 1. The Morgan fingerprint density at radius 3 is 2.80 bits per heavy atom. The number of hydrogen-bond donors (Lipinski definition) is 1. The molecule has 1 amide bonds. The summed E-state index contributed by atoms with van der Waals surface area (Å²) in [6, 6.07) is 1.44. The Morgan fingerprint density at radius 1 is 1.45 bits per heavy atom. The summed E-state index contributed by atoms with van der Waals surface area (Å²) in [5.41, 5.74) is 0. The van der Waals surface area contributed by atoms with Crippen molar-refractivity contribution in [3.05, 3.63) is 16.3 Å². The van der Waals surface area contributed by atoms with Crippen LogP contribution in [0.25, 0.3) is 0 Å². The molecule has 6 nitrogen and oxygen atoms in total. The number of hydrogen-bond acceptors (Lipinski definition) is 5. The summed E-state index contributed by atoms with van der Waals surface area (Å²) < 4.78 is 31.3. The number of carbonyl (C=O) groups is 1. The van der Waals surface area contributed by atoms with Crippen molar-refractivity contribution in [2.75, 3.05) is 32.8 Å². The molecule has 1 aromatic rings. The second kappa shape index (κ2) is 6.66. The number of thiophene rings is 1. The highest BCUT2D eigenvalue weighted by Crippen LogP contribution is 2.23. The highest BCUT2D eigenvalue weighted by atomic mass is 32.2. The van der Waals surface area contributed by atoms with Crippen LogP contribution < -0.4 is 5.32 Å². The summed E-state index contributed by atoms with van der Waals surface area (Å²) in [4.78, 5) is 12.4. The molecule has 0 aliphatic carbocycles. The molecule has 2 heterocycles. The van der Waals surface area contributed by atoms with Crippen molar-refractivity contribution in [1.82, 2.24) is 9.62 Å². The minimum absolute atomic E-state index is 0.186. The van der Waals surface area contributed by atoms with Crippen LogP contribution >= 0.6 is 11.3 Å². The van der Waals surface area contributed by atoms with Gasteiger partial charge in [0, 0.05) is 25.0 Å². The summed E-state index contributed by atoms with van der Waals surface area (Å²) >= 11 is 1.15. The number of amides is 1. The van der Waals surface area contributed by atoms with Gasteiger partial charge >= 0.3 is 0 Å².